The number of carbonyl (C=O) groups excluding carboxylic acids is 1. The van der Waals surface area contributed by atoms with Crippen LogP contribution in [0.2, 0.25) is 0 Å². The van der Waals surface area contributed by atoms with Gasteiger partial charge in [-0.15, -0.1) is 4.73 Å². The molecule has 0 amide bonds. The Kier molecular flexibility index (Phi) is 9.76. The lowest BCUT2D eigenvalue weighted by Crippen LogP contribution is -2.23. The van der Waals surface area contributed by atoms with Crippen molar-refractivity contribution in [3.63, 3.8) is 0 Å². The fourth-order valence-electron chi connectivity index (χ4n) is 3.35. The number of carbonyl (C=O) groups is 1. The third kappa shape index (κ3) is 8.37. The number of benzene rings is 1. The first-order valence-corrected chi connectivity index (χ1v) is 12.7. The molecule has 1 heterocycles. The van der Waals surface area contributed by atoms with Gasteiger partial charge >= 0.3 is 16.1 Å². The zero-order valence-corrected chi connectivity index (χ0v) is 19.6. The van der Waals surface area contributed by atoms with E-state index >= 15 is 0 Å². The number of nitrogens with two attached hydrogens (primary N) is 2. The van der Waals surface area contributed by atoms with Crippen molar-refractivity contribution in [1.29, 1.82) is 0 Å². The Labute approximate surface area is 189 Å². The first kappa shape index (κ1) is 25.4. The van der Waals surface area contributed by atoms with Crippen molar-refractivity contribution in [2.45, 2.75) is 71.1 Å². The fourth-order valence-corrected chi connectivity index (χ4v) is 3.79. The quantitative estimate of drug-likeness (QED) is 0.141. The van der Waals surface area contributed by atoms with Gasteiger partial charge in [-0.3, -0.25) is 4.28 Å². The van der Waals surface area contributed by atoms with E-state index in [0.29, 0.717) is 23.3 Å². The number of rotatable bonds is 14. The number of aryl methyl sites for hydroxylation is 1. The van der Waals surface area contributed by atoms with Crippen molar-refractivity contribution in [2.75, 3.05) is 6.26 Å². The first-order chi connectivity index (χ1) is 15.2. The van der Waals surface area contributed by atoms with E-state index < -0.39 is 16.1 Å². The first-order valence-electron chi connectivity index (χ1n) is 10.9. The van der Waals surface area contributed by atoms with Crippen molar-refractivity contribution in [1.82, 2.24) is 9.71 Å². The van der Waals surface area contributed by atoms with E-state index in [-0.39, 0.29) is 11.5 Å². The van der Waals surface area contributed by atoms with Gasteiger partial charge in [0.25, 0.3) is 0 Å². The van der Waals surface area contributed by atoms with E-state index in [0.717, 1.165) is 25.5 Å². The summed E-state index contributed by atoms with van der Waals surface area (Å²) in [6.45, 7) is 2.21. The molecule has 10 nitrogen and oxygen atoms in total. The number of guanidine groups is 1. The predicted octanol–water partition coefficient (Wildman–Crippen LogP) is 2.84. The Morgan fingerprint density at radius 1 is 1.06 bits per heavy atom. The highest BCUT2D eigenvalue weighted by Gasteiger charge is 2.18. The summed E-state index contributed by atoms with van der Waals surface area (Å²) in [4.78, 5) is 21.2. The maximum atomic E-state index is 12.1. The van der Waals surface area contributed by atoms with E-state index in [1.54, 1.807) is 6.07 Å². The van der Waals surface area contributed by atoms with Gasteiger partial charge in [-0.2, -0.15) is 8.42 Å². The Morgan fingerprint density at radius 2 is 1.69 bits per heavy atom. The lowest BCUT2D eigenvalue weighted by molar-refractivity contribution is 0.0515. The minimum atomic E-state index is -3.77. The molecule has 0 unspecified atom stereocenters. The van der Waals surface area contributed by atoms with E-state index in [1.807, 2.05) is 0 Å². The minimum Gasteiger partial charge on any atom is -0.367 e. The Balaban J connectivity index is 2.07. The molecule has 4 N–H and O–H groups in total. The van der Waals surface area contributed by atoms with Gasteiger partial charge in [-0.1, -0.05) is 58.3 Å². The van der Waals surface area contributed by atoms with Crippen LogP contribution < -0.4 is 15.8 Å². The van der Waals surface area contributed by atoms with E-state index in [9.17, 15) is 13.2 Å². The maximum absolute atomic E-state index is 12.1. The highest BCUT2D eigenvalue weighted by Crippen LogP contribution is 2.20. The molecule has 2 rings (SSSR count). The van der Waals surface area contributed by atoms with E-state index in [1.165, 1.54) is 55.4 Å². The molecule has 0 radical (unpaired) electrons. The molecule has 0 spiro atoms. The van der Waals surface area contributed by atoms with Crippen molar-refractivity contribution in [3.8, 4) is 0 Å². The number of hydrogen-bond donors (Lipinski definition) is 2. The topological polar surface area (TPSA) is 152 Å². The summed E-state index contributed by atoms with van der Waals surface area (Å²) >= 11 is 0. The molecule has 1 aromatic carbocycles. The molecule has 0 aliphatic rings. The Bertz CT molecular complexity index is 1030. The van der Waals surface area contributed by atoms with Crippen LogP contribution in [-0.4, -0.2) is 36.3 Å². The zero-order chi connectivity index (χ0) is 23.6. The van der Waals surface area contributed by atoms with Crippen LogP contribution in [-0.2, 0) is 21.4 Å². The van der Waals surface area contributed by atoms with E-state index in [4.69, 9.17) is 15.8 Å². The number of oxime groups is 1. The molecule has 0 saturated carbocycles. The van der Waals surface area contributed by atoms with Gasteiger partial charge in [-0.25, -0.2) is 9.78 Å². The van der Waals surface area contributed by atoms with Crippen molar-refractivity contribution >= 4 is 33.1 Å². The summed E-state index contributed by atoms with van der Waals surface area (Å²) in [5, 5.41) is 3.23. The van der Waals surface area contributed by atoms with Crippen molar-refractivity contribution < 1.29 is 22.3 Å². The lowest BCUT2D eigenvalue weighted by Gasteiger charge is -2.08. The molecule has 1 aromatic heterocycles. The van der Waals surface area contributed by atoms with Crippen LogP contribution in [0.5, 0.6) is 0 Å². The summed E-state index contributed by atoms with van der Waals surface area (Å²) in [6.07, 6.45) is 12.1. The molecular weight excluding hydrogens is 434 g/mol. The molecule has 0 saturated heterocycles. The van der Waals surface area contributed by atoms with Crippen molar-refractivity contribution in [3.05, 3.63) is 29.6 Å². The summed E-state index contributed by atoms with van der Waals surface area (Å²) in [6, 6.07) is 4.47. The highest BCUT2D eigenvalue weighted by molar-refractivity contribution is 7.86. The SMILES string of the molecule is CCCCCCCCCCCc1nc2cc(C(=O)ON=C(N)N)ccc2n1OS(C)(=O)=O. The van der Waals surface area contributed by atoms with Gasteiger partial charge in [-0.05, 0) is 29.8 Å². The average molecular weight is 468 g/mol. The van der Waals surface area contributed by atoms with Crippen LogP contribution >= 0.6 is 0 Å². The predicted molar refractivity (Wildman–Crippen MR) is 123 cm³/mol. The smallest absolute Gasteiger partial charge is 0.365 e. The van der Waals surface area contributed by atoms with Crippen molar-refractivity contribution in [2.24, 2.45) is 16.6 Å². The molecule has 0 fully saturated rings. The van der Waals surface area contributed by atoms with Crippen LogP contribution in [0.3, 0.4) is 0 Å². The molecule has 0 aliphatic heterocycles. The lowest BCUT2D eigenvalue weighted by atomic mass is 10.1. The number of aromatic nitrogens is 2. The van der Waals surface area contributed by atoms with Crippen LogP contribution in [0.4, 0.5) is 0 Å². The average Bonchev–Trinajstić information content (AvgIpc) is 3.05. The summed E-state index contributed by atoms with van der Waals surface area (Å²) in [7, 11) is -3.77. The summed E-state index contributed by atoms with van der Waals surface area (Å²) in [5.74, 6) is -0.670. The third-order valence-corrected chi connectivity index (χ3v) is 5.28. The second kappa shape index (κ2) is 12.3. The monoisotopic (exact) mass is 467 g/mol. The molecule has 32 heavy (non-hydrogen) atoms. The van der Waals surface area contributed by atoms with Crippen LogP contribution in [0, 0.1) is 0 Å². The number of hydrogen-bond acceptors (Lipinski definition) is 7. The molecular formula is C21H33N5O5S. The minimum absolute atomic E-state index is 0.168. The van der Waals surface area contributed by atoms with Gasteiger partial charge in [0.15, 0.2) is 0 Å². The molecule has 11 heteroatoms. The molecule has 0 atom stereocenters. The number of imidazole rings is 1. The maximum Gasteiger partial charge on any atom is 0.365 e. The number of unbranched alkanes of at least 4 members (excludes halogenated alkanes) is 8. The largest absolute Gasteiger partial charge is 0.367 e. The Hall–Kier alpha value is -2.82. The Morgan fingerprint density at radius 3 is 2.28 bits per heavy atom. The fraction of sp³-hybridized carbons (Fsp3) is 0.571. The van der Waals surface area contributed by atoms with Gasteiger partial charge in [0.2, 0.25) is 5.96 Å². The van der Waals surface area contributed by atoms with Crippen LogP contribution in [0.25, 0.3) is 11.0 Å². The van der Waals surface area contributed by atoms with Crippen LogP contribution in [0.15, 0.2) is 23.4 Å². The second-order valence-electron chi connectivity index (χ2n) is 7.78. The molecule has 0 aliphatic carbocycles. The summed E-state index contributed by atoms with van der Waals surface area (Å²) < 4.78 is 29.9. The van der Waals surface area contributed by atoms with E-state index in [2.05, 4.69) is 21.9 Å². The normalized spacial score (nSPS) is 11.4. The highest BCUT2D eigenvalue weighted by atomic mass is 32.2. The molecule has 178 valence electrons. The van der Waals surface area contributed by atoms with Gasteiger partial charge in [0.05, 0.1) is 17.3 Å². The second-order valence-corrected chi connectivity index (χ2v) is 9.34. The molecule has 2 aromatic rings. The van der Waals surface area contributed by atoms with Crippen LogP contribution in [0.1, 0.15) is 80.9 Å². The summed E-state index contributed by atoms with van der Waals surface area (Å²) in [5.41, 5.74) is 11.3. The van der Waals surface area contributed by atoms with Gasteiger partial charge in [0, 0.05) is 6.42 Å². The van der Waals surface area contributed by atoms with Gasteiger partial charge in [0.1, 0.15) is 11.3 Å². The number of nitrogens with zero attached hydrogens (tertiary/aromatic N) is 3. The standard InChI is InChI=1S/C21H33N5O5S/c1-3-4-5-6-7-8-9-10-11-12-19-24-17-15-16(20(27)30-25-21(22)23)13-14-18(17)26(19)31-32(2,28)29/h13-15H,3-12H2,1-2H3,(H4,22,23,25). The number of fused-ring (bicyclic) bond motifs is 1. The molecule has 0 bridgehead atoms. The zero-order valence-electron chi connectivity index (χ0n) is 18.7. The van der Waals surface area contributed by atoms with Gasteiger partial charge < -0.3 is 16.3 Å². The third-order valence-electron chi connectivity index (χ3n) is 4.86.